The summed E-state index contributed by atoms with van der Waals surface area (Å²) in [5.74, 6) is -0.0713. The van der Waals surface area contributed by atoms with E-state index in [4.69, 9.17) is 0 Å². The highest BCUT2D eigenvalue weighted by atomic mass is 32.2. The largest absolute Gasteiger partial charge is 0.378 e. The van der Waals surface area contributed by atoms with Gasteiger partial charge in [-0.05, 0) is 55.7 Å². The quantitative estimate of drug-likeness (QED) is 0.913. The van der Waals surface area contributed by atoms with E-state index in [1.165, 1.54) is 16.4 Å². The molecule has 0 amide bonds. The van der Waals surface area contributed by atoms with Crippen molar-refractivity contribution in [3.63, 3.8) is 0 Å². The molecule has 6 heteroatoms. The van der Waals surface area contributed by atoms with Gasteiger partial charge in [0.2, 0.25) is 10.0 Å². The van der Waals surface area contributed by atoms with Gasteiger partial charge in [-0.1, -0.05) is 18.2 Å². The first kappa shape index (κ1) is 16.8. The summed E-state index contributed by atoms with van der Waals surface area (Å²) in [5, 5.41) is 3.32. The van der Waals surface area contributed by atoms with Crippen LogP contribution in [0.1, 0.15) is 30.5 Å². The van der Waals surface area contributed by atoms with Crippen LogP contribution in [0.15, 0.2) is 42.5 Å². The van der Waals surface area contributed by atoms with Gasteiger partial charge in [-0.25, -0.2) is 12.8 Å². The second-order valence-corrected chi connectivity index (χ2v) is 8.18. The number of rotatable bonds is 4. The Morgan fingerprint density at radius 2 is 2.00 bits per heavy atom. The van der Waals surface area contributed by atoms with Crippen molar-refractivity contribution in [3.05, 3.63) is 59.4 Å². The number of benzene rings is 2. The number of hydrogen-bond donors (Lipinski definition) is 1. The average Bonchev–Trinajstić information content (AvgIpc) is 2.88. The summed E-state index contributed by atoms with van der Waals surface area (Å²) in [4.78, 5) is 0. The molecule has 1 aliphatic heterocycles. The van der Waals surface area contributed by atoms with E-state index in [0.29, 0.717) is 18.7 Å². The van der Waals surface area contributed by atoms with Crippen LogP contribution in [0, 0.1) is 12.7 Å². The summed E-state index contributed by atoms with van der Waals surface area (Å²) < 4.78 is 39.2. The molecule has 1 heterocycles. The number of anilines is 2. The summed E-state index contributed by atoms with van der Waals surface area (Å²) in [6.07, 6.45) is 0.652. The number of aryl methyl sites for hydroxylation is 1. The van der Waals surface area contributed by atoms with Crippen molar-refractivity contribution in [2.75, 3.05) is 21.9 Å². The van der Waals surface area contributed by atoms with Gasteiger partial charge in [0.25, 0.3) is 0 Å². The van der Waals surface area contributed by atoms with E-state index < -0.39 is 10.0 Å². The van der Waals surface area contributed by atoms with Crippen molar-refractivity contribution in [2.24, 2.45) is 0 Å². The molecule has 1 aliphatic rings. The van der Waals surface area contributed by atoms with Gasteiger partial charge in [0.1, 0.15) is 5.82 Å². The molecule has 1 saturated heterocycles. The molecular formula is C18H21FN2O2S. The molecule has 2 aromatic carbocycles. The third-order valence-corrected chi connectivity index (χ3v) is 6.16. The van der Waals surface area contributed by atoms with E-state index in [1.807, 2.05) is 38.1 Å². The van der Waals surface area contributed by atoms with Gasteiger partial charge in [-0.2, -0.15) is 0 Å². The average molecular weight is 348 g/mol. The molecular weight excluding hydrogens is 327 g/mol. The van der Waals surface area contributed by atoms with Crippen molar-refractivity contribution in [1.82, 2.24) is 0 Å². The number of hydrogen-bond acceptors (Lipinski definition) is 3. The maximum Gasteiger partial charge on any atom is 0.235 e. The van der Waals surface area contributed by atoms with Crippen LogP contribution in [0.25, 0.3) is 0 Å². The Morgan fingerprint density at radius 3 is 2.67 bits per heavy atom. The number of sulfonamides is 1. The second-order valence-electron chi connectivity index (χ2n) is 6.16. The summed E-state index contributed by atoms with van der Waals surface area (Å²) in [6.45, 7) is 4.37. The molecule has 2 aromatic rings. The zero-order valence-corrected chi connectivity index (χ0v) is 14.6. The molecule has 0 saturated carbocycles. The SMILES string of the molecule is Cc1ccc(N[C@@H](C)c2cccc(F)c2)cc1N1CCCS1(=O)=O. The van der Waals surface area contributed by atoms with Gasteiger partial charge in [-0.3, -0.25) is 4.31 Å². The first-order valence-corrected chi connectivity index (χ1v) is 9.61. The molecule has 4 nitrogen and oxygen atoms in total. The van der Waals surface area contributed by atoms with Crippen LogP contribution >= 0.6 is 0 Å². The molecule has 0 unspecified atom stereocenters. The van der Waals surface area contributed by atoms with E-state index in [-0.39, 0.29) is 17.6 Å². The molecule has 1 N–H and O–H groups in total. The first-order valence-electron chi connectivity index (χ1n) is 8.00. The standard InChI is InChI=1S/C18H21FN2O2S/c1-13-7-8-17(12-18(13)21-9-4-10-24(21,22)23)20-14(2)15-5-3-6-16(19)11-15/h3,5-8,11-12,14,20H,4,9-10H2,1-2H3/t14-/m0/s1. The number of nitrogens with one attached hydrogen (secondary N) is 1. The minimum atomic E-state index is -3.21. The highest BCUT2D eigenvalue weighted by Crippen LogP contribution is 2.31. The monoisotopic (exact) mass is 348 g/mol. The predicted molar refractivity (Wildman–Crippen MR) is 95.4 cm³/mol. The molecule has 24 heavy (non-hydrogen) atoms. The Bertz CT molecular complexity index is 852. The predicted octanol–water partition coefficient (Wildman–Crippen LogP) is 3.85. The summed E-state index contributed by atoms with van der Waals surface area (Å²) in [5.41, 5.74) is 3.29. The van der Waals surface area contributed by atoms with Crippen LogP contribution in [-0.4, -0.2) is 20.7 Å². The Hall–Kier alpha value is -2.08. The molecule has 1 fully saturated rings. The molecule has 3 rings (SSSR count). The van der Waals surface area contributed by atoms with Crippen LogP contribution in [0.4, 0.5) is 15.8 Å². The lowest BCUT2D eigenvalue weighted by Crippen LogP contribution is -2.26. The van der Waals surface area contributed by atoms with Gasteiger partial charge in [-0.15, -0.1) is 0 Å². The molecule has 0 aromatic heterocycles. The van der Waals surface area contributed by atoms with Crippen LogP contribution in [0.2, 0.25) is 0 Å². The minimum Gasteiger partial charge on any atom is -0.378 e. The van der Waals surface area contributed by atoms with Crippen molar-refractivity contribution in [2.45, 2.75) is 26.3 Å². The topological polar surface area (TPSA) is 49.4 Å². The maximum atomic E-state index is 13.4. The van der Waals surface area contributed by atoms with Crippen molar-refractivity contribution in [1.29, 1.82) is 0 Å². The Balaban J connectivity index is 1.86. The maximum absolute atomic E-state index is 13.4. The van der Waals surface area contributed by atoms with Crippen LogP contribution in [-0.2, 0) is 10.0 Å². The third kappa shape index (κ3) is 3.38. The van der Waals surface area contributed by atoms with Crippen molar-refractivity contribution >= 4 is 21.4 Å². The Kier molecular flexibility index (Phi) is 4.49. The zero-order valence-electron chi connectivity index (χ0n) is 13.8. The van der Waals surface area contributed by atoms with Crippen LogP contribution in [0.3, 0.4) is 0 Å². The number of halogens is 1. The minimum absolute atomic E-state index is 0.0913. The normalized spacial score (nSPS) is 17.7. The molecule has 0 aliphatic carbocycles. The lowest BCUT2D eigenvalue weighted by molar-refractivity contribution is 0.599. The highest BCUT2D eigenvalue weighted by molar-refractivity contribution is 7.93. The lowest BCUT2D eigenvalue weighted by Gasteiger charge is -2.22. The second kappa shape index (κ2) is 6.43. The fourth-order valence-electron chi connectivity index (χ4n) is 2.99. The van der Waals surface area contributed by atoms with E-state index >= 15 is 0 Å². The van der Waals surface area contributed by atoms with Gasteiger partial charge in [0.15, 0.2) is 0 Å². The van der Waals surface area contributed by atoms with Gasteiger partial charge in [0, 0.05) is 18.3 Å². The van der Waals surface area contributed by atoms with E-state index in [9.17, 15) is 12.8 Å². The Labute approximate surface area is 142 Å². The highest BCUT2D eigenvalue weighted by Gasteiger charge is 2.29. The van der Waals surface area contributed by atoms with E-state index in [0.717, 1.165) is 16.8 Å². The lowest BCUT2D eigenvalue weighted by atomic mass is 10.1. The summed E-state index contributed by atoms with van der Waals surface area (Å²) in [7, 11) is -3.21. The van der Waals surface area contributed by atoms with Gasteiger partial charge >= 0.3 is 0 Å². The zero-order chi connectivity index (χ0) is 17.3. The molecule has 0 bridgehead atoms. The van der Waals surface area contributed by atoms with Gasteiger partial charge in [0.05, 0.1) is 11.4 Å². The van der Waals surface area contributed by atoms with E-state index in [1.54, 1.807) is 6.07 Å². The fraction of sp³-hybridized carbons (Fsp3) is 0.333. The van der Waals surface area contributed by atoms with Crippen molar-refractivity contribution in [3.8, 4) is 0 Å². The molecule has 0 spiro atoms. The fourth-order valence-corrected chi connectivity index (χ4v) is 4.61. The number of nitrogens with zero attached hydrogens (tertiary/aromatic N) is 1. The van der Waals surface area contributed by atoms with Crippen LogP contribution < -0.4 is 9.62 Å². The summed E-state index contributed by atoms with van der Waals surface area (Å²) >= 11 is 0. The van der Waals surface area contributed by atoms with Crippen LogP contribution in [0.5, 0.6) is 0 Å². The smallest absolute Gasteiger partial charge is 0.235 e. The Morgan fingerprint density at radius 1 is 1.21 bits per heavy atom. The van der Waals surface area contributed by atoms with Crippen molar-refractivity contribution < 1.29 is 12.8 Å². The molecule has 1 atom stereocenters. The molecule has 128 valence electrons. The summed E-state index contributed by atoms with van der Waals surface area (Å²) in [6, 6.07) is 12.0. The third-order valence-electron chi connectivity index (χ3n) is 4.31. The first-order chi connectivity index (χ1) is 11.4. The van der Waals surface area contributed by atoms with Gasteiger partial charge < -0.3 is 5.32 Å². The molecule has 0 radical (unpaired) electrons. The van der Waals surface area contributed by atoms with E-state index in [2.05, 4.69) is 5.32 Å².